The molecule has 2 rings (SSSR count). The third-order valence-electron chi connectivity index (χ3n) is 2.31. The Balaban J connectivity index is 2.00. The van der Waals surface area contributed by atoms with Gasteiger partial charge in [0.25, 0.3) is 0 Å². The highest BCUT2D eigenvalue weighted by Crippen LogP contribution is 2.21. The van der Waals surface area contributed by atoms with E-state index < -0.39 is 12.6 Å². The Bertz CT molecular complexity index is 440. The molecule has 0 aliphatic rings. The molecule has 2 aromatic rings. The Morgan fingerprint density at radius 3 is 2.62 bits per heavy atom. The second-order valence-corrected chi connectivity index (χ2v) is 3.67. The van der Waals surface area contributed by atoms with E-state index in [-0.39, 0.29) is 6.42 Å². The first-order valence-corrected chi connectivity index (χ1v) is 5.03. The normalized spacial score (nSPS) is 12.2. The average molecular weight is 228 g/mol. The Hall–Kier alpha value is -1.52. The number of hydrogen-bond donors (Lipinski definition) is 0. The molecule has 16 heavy (non-hydrogen) atoms. The molecular weight excluding hydrogens is 217 g/mol. The third-order valence-corrected chi connectivity index (χ3v) is 2.31. The van der Waals surface area contributed by atoms with Crippen LogP contribution in [0.2, 0.25) is 0 Å². The zero-order valence-corrected chi connectivity index (χ0v) is 8.54. The summed E-state index contributed by atoms with van der Waals surface area (Å²) in [5.74, 6) is 0. The molecule has 0 N–H and O–H groups in total. The van der Waals surface area contributed by atoms with Crippen LogP contribution in [-0.4, -0.2) is 16.0 Å². The summed E-state index contributed by atoms with van der Waals surface area (Å²) in [6, 6.07) is 7.47. The molecule has 1 heterocycles. The molecule has 5 heteroatoms. The lowest BCUT2D eigenvalue weighted by molar-refractivity contribution is -0.136. The zero-order chi connectivity index (χ0) is 11.6. The van der Waals surface area contributed by atoms with Crippen molar-refractivity contribution in [2.75, 3.05) is 0 Å². The van der Waals surface area contributed by atoms with Gasteiger partial charge in [-0.1, -0.05) is 18.2 Å². The number of aryl methyl sites for hydroxylation is 1. The molecule has 0 unspecified atom stereocenters. The molecule has 0 saturated carbocycles. The highest BCUT2D eigenvalue weighted by Gasteiger charge is 2.26. The van der Waals surface area contributed by atoms with Crippen molar-refractivity contribution in [1.82, 2.24) is 9.78 Å². The summed E-state index contributed by atoms with van der Waals surface area (Å²) in [6.07, 6.45) is -3.00. The van der Waals surface area contributed by atoms with Gasteiger partial charge >= 0.3 is 6.18 Å². The van der Waals surface area contributed by atoms with E-state index >= 15 is 0 Å². The lowest BCUT2D eigenvalue weighted by Crippen LogP contribution is -2.09. The molecule has 0 saturated heterocycles. The van der Waals surface area contributed by atoms with Gasteiger partial charge in [-0.3, -0.25) is 4.68 Å². The topological polar surface area (TPSA) is 17.8 Å². The summed E-state index contributed by atoms with van der Waals surface area (Å²) in [7, 11) is 0. The predicted molar refractivity (Wildman–Crippen MR) is 55.0 cm³/mol. The van der Waals surface area contributed by atoms with Crippen LogP contribution in [-0.2, 0) is 6.54 Å². The minimum Gasteiger partial charge on any atom is -0.272 e. The molecule has 2 nitrogen and oxygen atoms in total. The van der Waals surface area contributed by atoms with Crippen LogP contribution in [0.15, 0.2) is 30.5 Å². The smallest absolute Gasteiger partial charge is 0.272 e. The average Bonchev–Trinajstić information content (AvgIpc) is 2.57. The first-order chi connectivity index (χ1) is 7.54. The van der Waals surface area contributed by atoms with E-state index in [0.717, 1.165) is 10.9 Å². The molecule has 0 amide bonds. The summed E-state index contributed by atoms with van der Waals surface area (Å²) in [4.78, 5) is 0. The molecule has 0 spiro atoms. The Kier molecular flexibility index (Phi) is 2.85. The number of nitrogens with zero attached hydrogens (tertiary/aromatic N) is 2. The number of benzene rings is 1. The molecule has 0 bridgehead atoms. The Morgan fingerprint density at radius 1 is 1.19 bits per heavy atom. The second kappa shape index (κ2) is 4.15. The van der Waals surface area contributed by atoms with E-state index in [1.807, 2.05) is 24.3 Å². The van der Waals surface area contributed by atoms with E-state index in [0.29, 0.717) is 6.54 Å². The molecule has 1 aromatic carbocycles. The SMILES string of the molecule is FC(F)(F)CCCn1cc2ccccc2n1. The molecule has 0 radical (unpaired) electrons. The zero-order valence-electron chi connectivity index (χ0n) is 8.54. The van der Waals surface area contributed by atoms with Crippen LogP contribution in [0, 0.1) is 0 Å². The lowest BCUT2D eigenvalue weighted by Gasteiger charge is -2.05. The quantitative estimate of drug-likeness (QED) is 0.787. The monoisotopic (exact) mass is 228 g/mol. The van der Waals surface area contributed by atoms with Gasteiger partial charge in [0.15, 0.2) is 0 Å². The minimum absolute atomic E-state index is 0.0670. The Morgan fingerprint density at radius 2 is 1.94 bits per heavy atom. The van der Waals surface area contributed by atoms with Crippen molar-refractivity contribution in [3.8, 4) is 0 Å². The van der Waals surface area contributed by atoms with Gasteiger partial charge in [0.1, 0.15) is 0 Å². The maximum Gasteiger partial charge on any atom is 0.389 e. The number of fused-ring (bicyclic) bond motifs is 1. The van der Waals surface area contributed by atoms with Crippen molar-refractivity contribution in [3.05, 3.63) is 30.5 Å². The fourth-order valence-corrected chi connectivity index (χ4v) is 1.57. The van der Waals surface area contributed by atoms with E-state index in [4.69, 9.17) is 0 Å². The van der Waals surface area contributed by atoms with Crippen LogP contribution in [0.1, 0.15) is 12.8 Å². The van der Waals surface area contributed by atoms with Gasteiger partial charge in [0.2, 0.25) is 0 Å². The second-order valence-electron chi connectivity index (χ2n) is 3.67. The van der Waals surface area contributed by atoms with Crippen LogP contribution >= 0.6 is 0 Å². The van der Waals surface area contributed by atoms with Crippen molar-refractivity contribution in [3.63, 3.8) is 0 Å². The number of halogens is 3. The molecule has 0 fully saturated rings. The summed E-state index contributed by atoms with van der Waals surface area (Å²) < 4.78 is 37.4. The fourth-order valence-electron chi connectivity index (χ4n) is 1.57. The largest absolute Gasteiger partial charge is 0.389 e. The van der Waals surface area contributed by atoms with Gasteiger partial charge in [-0.2, -0.15) is 18.3 Å². The third kappa shape index (κ3) is 2.74. The van der Waals surface area contributed by atoms with Crippen molar-refractivity contribution >= 4 is 10.9 Å². The van der Waals surface area contributed by atoms with E-state index in [9.17, 15) is 13.2 Å². The number of hydrogen-bond acceptors (Lipinski definition) is 1. The van der Waals surface area contributed by atoms with Crippen molar-refractivity contribution in [2.24, 2.45) is 0 Å². The van der Waals surface area contributed by atoms with E-state index in [1.165, 1.54) is 0 Å². The van der Waals surface area contributed by atoms with Crippen LogP contribution < -0.4 is 0 Å². The van der Waals surface area contributed by atoms with Gasteiger partial charge < -0.3 is 0 Å². The number of aromatic nitrogens is 2. The van der Waals surface area contributed by atoms with Gasteiger partial charge in [0, 0.05) is 24.5 Å². The summed E-state index contributed by atoms with van der Waals surface area (Å²) in [6.45, 7) is 0.300. The van der Waals surface area contributed by atoms with Crippen molar-refractivity contribution in [2.45, 2.75) is 25.6 Å². The molecule has 0 aliphatic heterocycles. The molecule has 0 atom stereocenters. The van der Waals surface area contributed by atoms with Crippen molar-refractivity contribution < 1.29 is 13.2 Å². The molecular formula is C11H11F3N2. The molecule has 1 aromatic heterocycles. The Labute approximate surface area is 90.7 Å². The van der Waals surface area contributed by atoms with Gasteiger partial charge in [-0.15, -0.1) is 0 Å². The van der Waals surface area contributed by atoms with Crippen molar-refractivity contribution in [1.29, 1.82) is 0 Å². The molecule has 0 aliphatic carbocycles. The van der Waals surface area contributed by atoms with Gasteiger partial charge in [-0.25, -0.2) is 0 Å². The number of alkyl halides is 3. The van der Waals surface area contributed by atoms with E-state index in [2.05, 4.69) is 5.10 Å². The van der Waals surface area contributed by atoms with Crippen LogP contribution in [0.4, 0.5) is 13.2 Å². The molecule has 86 valence electrons. The summed E-state index contributed by atoms with van der Waals surface area (Å²) >= 11 is 0. The summed E-state index contributed by atoms with van der Waals surface area (Å²) in [5.41, 5.74) is 0.814. The maximum atomic E-state index is 11.9. The van der Waals surface area contributed by atoms with Crippen LogP contribution in [0.25, 0.3) is 10.9 Å². The highest BCUT2D eigenvalue weighted by atomic mass is 19.4. The lowest BCUT2D eigenvalue weighted by atomic mass is 10.3. The standard InChI is InChI=1S/C11H11F3N2/c12-11(13,14)6-3-7-16-8-9-4-1-2-5-10(9)15-16/h1-2,4-5,8H,3,6-7H2. The minimum atomic E-state index is -4.08. The van der Waals surface area contributed by atoms with Gasteiger partial charge in [0.05, 0.1) is 5.52 Å². The van der Waals surface area contributed by atoms with Crippen LogP contribution in [0.3, 0.4) is 0 Å². The van der Waals surface area contributed by atoms with Gasteiger partial charge in [-0.05, 0) is 12.5 Å². The summed E-state index contributed by atoms with van der Waals surface area (Å²) in [5, 5.41) is 5.13. The van der Waals surface area contributed by atoms with Crippen LogP contribution in [0.5, 0.6) is 0 Å². The predicted octanol–water partition coefficient (Wildman–Crippen LogP) is 3.38. The van der Waals surface area contributed by atoms with E-state index in [1.54, 1.807) is 10.9 Å². The number of rotatable bonds is 3. The fraction of sp³-hybridized carbons (Fsp3) is 0.364. The first-order valence-electron chi connectivity index (χ1n) is 5.03. The maximum absolute atomic E-state index is 11.9. The first kappa shape index (κ1) is 11.0. The highest BCUT2D eigenvalue weighted by molar-refractivity contribution is 5.77.